The number of ether oxygens (including phenoxy) is 1. The topological polar surface area (TPSA) is 69.9 Å². The first-order chi connectivity index (χ1) is 4.63. The summed E-state index contributed by atoms with van der Waals surface area (Å²) in [7, 11) is 0. The maximum absolute atomic E-state index is 9.06. The Labute approximate surface area is 59.1 Å². The highest BCUT2D eigenvalue weighted by Gasteiger charge is 2.35. The third-order valence-corrected chi connectivity index (χ3v) is 1.61. The number of aliphatic hydroxyl groups excluding tert-OH is 3. The summed E-state index contributed by atoms with van der Waals surface area (Å²) >= 11 is 0. The minimum absolute atomic E-state index is 0.446. The zero-order valence-electron chi connectivity index (χ0n) is 5.64. The van der Waals surface area contributed by atoms with E-state index in [1.807, 2.05) is 0 Å². The number of hydrogen-bond donors (Lipinski definition) is 3. The fraction of sp³-hybridized carbons (Fsp3) is 0.833. The van der Waals surface area contributed by atoms with Crippen LogP contribution in [0.25, 0.3) is 0 Å². The van der Waals surface area contributed by atoms with E-state index in [0.717, 1.165) is 6.61 Å². The molecule has 4 atom stereocenters. The van der Waals surface area contributed by atoms with Crippen LogP contribution in [0.4, 0.5) is 0 Å². The number of rotatable bonds is 0. The van der Waals surface area contributed by atoms with Crippen LogP contribution in [-0.4, -0.2) is 39.7 Å². The van der Waals surface area contributed by atoms with Crippen molar-refractivity contribution >= 4 is 0 Å². The highest BCUT2D eigenvalue weighted by Crippen LogP contribution is 2.17. The summed E-state index contributed by atoms with van der Waals surface area (Å²) in [5.74, 6) is 0. The maximum atomic E-state index is 9.06. The molecule has 3 N–H and O–H groups in total. The van der Waals surface area contributed by atoms with Crippen LogP contribution in [0.2, 0.25) is 0 Å². The van der Waals surface area contributed by atoms with E-state index in [2.05, 4.69) is 0 Å². The predicted octanol–water partition coefficient (Wildman–Crippen LogP) is -1.35. The Morgan fingerprint density at radius 1 is 1.20 bits per heavy atom. The smallest absolute Gasteiger partial charge is 0.115 e. The van der Waals surface area contributed by atoms with Gasteiger partial charge in [0.25, 0.3) is 0 Å². The van der Waals surface area contributed by atoms with Crippen LogP contribution in [-0.2, 0) is 4.74 Å². The lowest BCUT2D eigenvalue weighted by Crippen LogP contribution is -2.49. The van der Waals surface area contributed by atoms with Gasteiger partial charge in [-0.05, 0) is 6.92 Å². The molecule has 1 fully saturated rings. The average Bonchev–Trinajstić information content (AvgIpc) is 1.93. The Morgan fingerprint density at radius 2 is 1.80 bits per heavy atom. The van der Waals surface area contributed by atoms with Crippen LogP contribution >= 0.6 is 0 Å². The van der Waals surface area contributed by atoms with Gasteiger partial charge in [0.1, 0.15) is 24.9 Å². The van der Waals surface area contributed by atoms with Gasteiger partial charge in [-0.1, -0.05) is 0 Å². The quantitative estimate of drug-likeness (QED) is 0.396. The van der Waals surface area contributed by atoms with Crippen molar-refractivity contribution in [3.8, 4) is 0 Å². The van der Waals surface area contributed by atoms with E-state index in [0.29, 0.717) is 0 Å². The highest BCUT2D eigenvalue weighted by atomic mass is 16.5. The zero-order valence-corrected chi connectivity index (χ0v) is 5.64. The molecule has 1 rings (SSSR count). The summed E-state index contributed by atoms with van der Waals surface area (Å²) in [5.41, 5.74) is 0. The molecular weight excluding hydrogens is 136 g/mol. The Morgan fingerprint density at radius 3 is 2.30 bits per heavy atom. The summed E-state index contributed by atoms with van der Waals surface area (Å²) < 4.78 is 4.79. The van der Waals surface area contributed by atoms with Crippen molar-refractivity contribution in [3.63, 3.8) is 0 Å². The van der Waals surface area contributed by atoms with Crippen molar-refractivity contribution in [3.05, 3.63) is 6.61 Å². The van der Waals surface area contributed by atoms with Crippen LogP contribution in [0, 0.1) is 6.61 Å². The summed E-state index contributed by atoms with van der Waals surface area (Å²) in [6.07, 6.45) is -3.65. The zero-order chi connectivity index (χ0) is 7.72. The van der Waals surface area contributed by atoms with Gasteiger partial charge in [0.15, 0.2) is 0 Å². The van der Waals surface area contributed by atoms with Crippen molar-refractivity contribution in [2.45, 2.75) is 31.3 Å². The van der Waals surface area contributed by atoms with Gasteiger partial charge in [-0.3, -0.25) is 0 Å². The van der Waals surface area contributed by atoms with E-state index in [1.54, 1.807) is 6.92 Å². The lowest BCUT2D eigenvalue weighted by Gasteiger charge is -2.32. The molecule has 2 unspecified atom stereocenters. The fourth-order valence-electron chi connectivity index (χ4n) is 0.845. The molecule has 4 heteroatoms. The Balaban J connectivity index is 2.52. The number of hydrogen-bond acceptors (Lipinski definition) is 4. The van der Waals surface area contributed by atoms with Gasteiger partial charge in [-0.15, -0.1) is 0 Å². The normalized spacial score (nSPS) is 49.2. The molecule has 1 radical (unpaired) electrons. The Hall–Kier alpha value is -0.160. The fourth-order valence-corrected chi connectivity index (χ4v) is 0.845. The molecule has 0 aromatic rings. The maximum Gasteiger partial charge on any atom is 0.115 e. The molecular formula is C6H11O4. The second kappa shape index (κ2) is 2.84. The van der Waals surface area contributed by atoms with Gasteiger partial charge < -0.3 is 20.1 Å². The Bertz CT molecular complexity index is 102. The number of aliphatic hydroxyl groups is 3. The molecule has 0 spiro atoms. The monoisotopic (exact) mass is 147 g/mol. The van der Waals surface area contributed by atoms with E-state index < -0.39 is 24.4 Å². The molecule has 0 saturated carbocycles. The van der Waals surface area contributed by atoms with Crippen molar-refractivity contribution in [1.29, 1.82) is 0 Å². The molecule has 0 aromatic carbocycles. The van der Waals surface area contributed by atoms with Crippen LogP contribution in [0.1, 0.15) is 6.92 Å². The van der Waals surface area contributed by atoms with E-state index >= 15 is 0 Å². The van der Waals surface area contributed by atoms with Crippen molar-refractivity contribution in [1.82, 2.24) is 0 Å². The molecule has 4 nitrogen and oxygen atoms in total. The van der Waals surface area contributed by atoms with Crippen LogP contribution in [0.3, 0.4) is 0 Å². The average molecular weight is 147 g/mol. The first-order valence-corrected chi connectivity index (χ1v) is 3.16. The molecule has 1 aliphatic heterocycles. The van der Waals surface area contributed by atoms with Crippen molar-refractivity contribution in [2.24, 2.45) is 0 Å². The largest absolute Gasteiger partial charge is 0.388 e. The van der Waals surface area contributed by atoms with Gasteiger partial charge in [0.05, 0.1) is 6.10 Å². The third-order valence-electron chi connectivity index (χ3n) is 1.61. The van der Waals surface area contributed by atoms with E-state index in [4.69, 9.17) is 20.1 Å². The molecule has 1 saturated heterocycles. The first-order valence-electron chi connectivity index (χ1n) is 3.16. The van der Waals surface area contributed by atoms with Crippen molar-refractivity contribution < 1.29 is 20.1 Å². The van der Waals surface area contributed by atoms with Crippen LogP contribution < -0.4 is 0 Å². The SMILES string of the molecule is CC1O[CH]C(O)[C@@H](O)[C@H]1O. The standard InChI is InChI=1S/C6H11O4/c1-3-5(8)6(9)4(7)2-10-3/h2-9H,1H3/t3?,4?,5-,6+/m0/s1. The summed E-state index contributed by atoms with van der Waals surface area (Å²) in [6, 6.07) is 0. The highest BCUT2D eigenvalue weighted by molar-refractivity contribution is 4.89. The van der Waals surface area contributed by atoms with Gasteiger partial charge >= 0.3 is 0 Å². The molecule has 1 aliphatic rings. The van der Waals surface area contributed by atoms with Gasteiger partial charge in [-0.2, -0.15) is 0 Å². The molecule has 59 valence electrons. The second-order valence-corrected chi connectivity index (χ2v) is 2.45. The predicted molar refractivity (Wildman–Crippen MR) is 32.9 cm³/mol. The van der Waals surface area contributed by atoms with Gasteiger partial charge in [0, 0.05) is 0 Å². The molecule has 0 amide bonds. The summed E-state index contributed by atoms with van der Waals surface area (Å²) in [5, 5.41) is 26.9. The lowest BCUT2D eigenvalue weighted by molar-refractivity contribution is -0.155. The Kier molecular flexibility index (Phi) is 2.25. The molecule has 0 aliphatic carbocycles. The first kappa shape index (κ1) is 7.94. The molecule has 10 heavy (non-hydrogen) atoms. The second-order valence-electron chi connectivity index (χ2n) is 2.45. The summed E-state index contributed by atoms with van der Waals surface area (Å²) in [4.78, 5) is 0. The van der Waals surface area contributed by atoms with E-state index in [9.17, 15) is 0 Å². The molecule has 0 bridgehead atoms. The van der Waals surface area contributed by atoms with Crippen LogP contribution in [0.5, 0.6) is 0 Å². The van der Waals surface area contributed by atoms with Gasteiger partial charge in [-0.25, -0.2) is 0 Å². The minimum Gasteiger partial charge on any atom is -0.388 e. The van der Waals surface area contributed by atoms with E-state index in [-0.39, 0.29) is 0 Å². The van der Waals surface area contributed by atoms with Gasteiger partial charge in [0.2, 0.25) is 0 Å². The van der Waals surface area contributed by atoms with Crippen molar-refractivity contribution in [2.75, 3.05) is 0 Å². The summed E-state index contributed by atoms with van der Waals surface area (Å²) in [6.45, 7) is 2.75. The molecule has 0 aromatic heterocycles. The van der Waals surface area contributed by atoms with E-state index in [1.165, 1.54) is 0 Å². The minimum atomic E-state index is -1.12. The lowest BCUT2D eigenvalue weighted by atomic mass is 10.0. The van der Waals surface area contributed by atoms with Crippen LogP contribution in [0.15, 0.2) is 0 Å². The third kappa shape index (κ3) is 1.29. The molecule has 1 heterocycles.